The van der Waals surface area contributed by atoms with Gasteiger partial charge in [0.05, 0.1) is 5.92 Å². The summed E-state index contributed by atoms with van der Waals surface area (Å²) in [5.41, 5.74) is 2.13. The van der Waals surface area contributed by atoms with Crippen molar-refractivity contribution in [2.75, 3.05) is 0 Å². The second-order valence-electron chi connectivity index (χ2n) is 5.95. The molecule has 0 bridgehead atoms. The van der Waals surface area contributed by atoms with E-state index in [1.807, 2.05) is 48.5 Å². The van der Waals surface area contributed by atoms with E-state index in [1.165, 1.54) is 0 Å². The van der Waals surface area contributed by atoms with Gasteiger partial charge in [-0.05, 0) is 12.0 Å². The fraction of sp³-hybridized carbons (Fsp3) is 0.200. The van der Waals surface area contributed by atoms with Gasteiger partial charge in [0, 0.05) is 17.4 Å². The Hall–Kier alpha value is -2.68. The topological polar surface area (TPSA) is 54.4 Å². The molecular weight excluding hydrogens is 288 g/mol. The van der Waals surface area contributed by atoms with Crippen LogP contribution in [0, 0.1) is 11.8 Å². The lowest BCUT2D eigenvalue weighted by Crippen LogP contribution is -2.25. The molecule has 0 aliphatic heterocycles. The molecule has 0 heterocycles. The molecule has 3 nitrogen and oxygen atoms in total. The summed E-state index contributed by atoms with van der Waals surface area (Å²) in [5.74, 6) is -2.38. The normalized spacial score (nSPS) is 23.7. The van der Waals surface area contributed by atoms with Gasteiger partial charge in [0.1, 0.15) is 0 Å². The molecule has 2 aromatic rings. The Kier molecular flexibility index (Phi) is 4.11. The van der Waals surface area contributed by atoms with Crippen molar-refractivity contribution in [3.63, 3.8) is 0 Å². The third kappa shape index (κ3) is 2.82. The Morgan fingerprint density at radius 3 is 2.09 bits per heavy atom. The van der Waals surface area contributed by atoms with Crippen molar-refractivity contribution in [2.45, 2.75) is 12.3 Å². The number of hydrogen-bond donors (Lipinski definition) is 1. The molecule has 0 amide bonds. The van der Waals surface area contributed by atoms with Crippen molar-refractivity contribution >= 4 is 11.8 Å². The van der Waals surface area contributed by atoms with Gasteiger partial charge in [-0.15, -0.1) is 0 Å². The number of carboxylic acid groups (broad SMARTS) is 1. The molecule has 1 saturated carbocycles. The van der Waals surface area contributed by atoms with Gasteiger partial charge in [-0.3, -0.25) is 9.59 Å². The minimum atomic E-state index is -0.910. The number of rotatable bonds is 4. The maximum atomic E-state index is 12.9. The zero-order chi connectivity index (χ0) is 16.4. The monoisotopic (exact) mass is 306 g/mol. The quantitative estimate of drug-likeness (QED) is 0.688. The van der Waals surface area contributed by atoms with E-state index in [0.717, 1.165) is 5.56 Å². The number of carbonyl (C=O) groups excluding carboxylic acids is 1. The lowest BCUT2D eigenvalue weighted by atomic mass is 9.79. The van der Waals surface area contributed by atoms with E-state index < -0.39 is 11.9 Å². The Morgan fingerprint density at radius 2 is 1.52 bits per heavy atom. The smallest absolute Gasteiger partial charge is 0.311 e. The van der Waals surface area contributed by atoms with Gasteiger partial charge >= 0.3 is 5.97 Å². The van der Waals surface area contributed by atoms with E-state index in [2.05, 4.69) is 6.58 Å². The molecule has 0 spiro atoms. The number of carboxylic acids is 1. The molecule has 3 heteroatoms. The fourth-order valence-electron chi connectivity index (χ4n) is 3.52. The molecule has 0 saturated heterocycles. The van der Waals surface area contributed by atoms with Gasteiger partial charge in [0.15, 0.2) is 5.78 Å². The van der Waals surface area contributed by atoms with Crippen LogP contribution in [0.25, 0.3) is 0 Å². The first-order chi connectivity index (χ1) is 11.1. The lowest BCUT2D eigenvalue weighted by Gasteiger charge is -2.22. The predicted molar refractivity (Wildman–Crippen MR) is 88.3 cm³/mol. The summed E-state index contributed by atoms with van der Waals surface area (Å²) in [6.07, 6.45) is 0.421. The van der Waals surface area contributed by atoms with Crippen LogP contribution in [-0.4, -0.2) is 16.9 Å². The highest BCUT2D eigenvalue weighted by atomic mass is 16.4. The van der Waals surface area contributed by atoms with Gasteiger partial charge in [0.25, 0.3) is 0 Å². The zero-order valence-electron chi connectivity index (χ0n) is 12.7. The summed E-state index contributed by atoms with van der Waals surface area (Å²) in [7, 11) is 0. The van der Waals surface area contributed by atoms with E-state index >= 15 is 0 Å². The first kappa shape index (κ1) is 15.2. The van der Waals surface area contributed by atoms with Crippen LogP contribution in [0.3, 0.4) is 0 Å². The van der Waals surface area contributed by atoms with Gasteiger partial charge in [-0.1, -0.05) is 72.8 Å². The Bertz CT molecular complexity index is 734. The molecule has 23 heavy (non-hydrogen) atoms. The van der Waals surface area contributed by atoms with Crippen LogP contribution >= 0.6 is 0 Å². The summed E-state index contributed by atoms with van der Waals surface area (Å²) in [5, 5.41) is 9.61. The Labute approximate surface area is 135 Å². The molecule has 1 aliphatic rings. The Morgan fingerprint density at radius 1 is 0.957 bits per heavy atom. The molecular formula is C20H18O3. The zero-order valence-corrected chi connectivity index (χ0v) is 12.7. The van der Waals surface area contributed by atoms with Crippen LogP contribution < -0.4 is 0 Å². The fourth-order valence-corrected chi connectivity index (χ4v) is 3.52. The van der Waals surface area contributed by atoms with Crippen LogP contribution in [0.5, 0.6) is 0 Å². The highest BCUT2D eigenvalue weighted by Crippen LogP contribution is 2.48. The molecule has 1 unspecified atom stereocenters. The van der Waals surface area contributed by atoms with E-state index in [9.17, 15) is 14.7 Å². The first-order valence-corrected chi connectivity index (χ1v) is 7.64. The number of benzene rings is 2. The summed E-state index contributed by atoms with van der Waals surface area (Å²) >= 11 is 0. The van der Waals surface area contributed by atoms with Crippen molar-refractivity contribution in [1.29, 1.82) is 0 Å². The SMILES string of the molecule is C=C1C[C@H](C(=O)c2ccccc2)[C@@H](c2ccccc2)C1C(=O)O. The van der Waals surface area contributed by atoms with Crippen LogP contribution in [0.1, 0.15) is 28.3 Å². The number of Topliss-reactive ketones (excluding diaryl/α,β-unsaturated/α-hetero) is 1. The second-order valence-corrected chi connectivity index (χ2v) is 5.95. The highest BCUT2D eigenvalue weighted by Gasteiger charge is 2.46. The average molecular weight is 306 g/mol. The van der Waals surface area contributed by atoms with Crippen molar-refractivity contribution in [2.24, 2.45) is 11.8 Å². The lowest BCUT2D eigenvalue weighted by molar-refractivity contribution is -0.140. The van der Waals surface area contributed by atoms with Crippen molar-refractivity contribution < 1.29 is 14.7 Å². The van der Waals surface area contributed by atoms with E-state index in [-0.39, 0.29) is 17.6 Å². The average Bonchev–Trinajstić information content (AvgIpc) is 2.93. The standard InChI is InChI=1S/C20H18O3/c1-13-12-16(19(21)15-10-6-3-7-11-15)18(17(13)20(22)23)14-8-4-2-5-9-14/h2-11,16-18H,1,12H2,(H,22,23)/t16-,17?,18+/m0/s1. The molecule has 3 rings (SSSR count). The number of hydrogen-bond acceptors (Lipinski definition) is 2. The molecule has 0 aromatic heterocycles. The number of carbonyl (C=O) groups is 2. The van der Waals surface area contributed by atoms with Crippen molar-refractivity contribution in [3.8, 4) is 0 Å². The first-order valence-electron chi connectivity index (χ1n) is 7.64. The highest BCUT2D eigenvalue weighted by molar-refractivity contribution is 5.99. The number of aliphatic carboxylic acids is 1. The third-order valence-corrected chi connectivity index (χ3v) is 4.56. The largest absolute Gasteiger partial charge is 0.481 e. The van der Waals surface area contributed by atoms with E-state index in [0.29, 0.717) is 17.6 Å². The van der Waals surface area contributed by atoms with Crippen molar-refractivity contribution in [1.82, 2.24) is 0 Å². The number of ketones is 1. The van der Waals surface area contributed by atoms with Gasteiger partial charge in [0.2, 0.25) is 0 Å². The van der Waals surface area contributed by atoms with E-state index in [1.54, 1.807) is 12.1 Å². The van der Waals surface area contributed by atoms with E-state index in [4.69, 9.17) is 0 Å². The van der Waals surface area contributed by atoms with Gasteiger partial charge in [-0.2, -0.15) is 0 Å². The van der Waals surface area contributed by atoms with Gasteiger partial charge < -0.3 is 5.11 Å². The minimum absolute atomic E-state index is 0.00986. The summed E-state index contributed by atoms with van der Waals surface area (Å²) < 4.78 is 0. The molecule has 2 aromatic carbocycles. The minimum Gasteiger partial charge on any atom is -0.481 e. The molecule has 1 N–H and O–H groups in total. The van der Waals surface area contributed by atoms with Crippen LogP contribution in [0.15, 0.2) is 72.8 Å². The maximum Gasteiger partial charge on any atom is 0.311 e. The summed E-state index contributed by atoms with van der Waals surface area (Å²) in [4.78, 5) is 24.6. The predicted octanol–water partition coefficient (Wildman–Crippen LogP) is 3.93. The second kappa shape index (κ2) is 6.21. The molecule has 3 atom stereocenters. The molecule has 1 aliphatic carbocycles. The van der Waals surface area contributed by atoms with Crippen LogP contribution in [0.4, 0.5) is 0 Å². The summed E-state index contributed by atoms with van der Waals surface area (Å²) in [6.45, 7) is 3.93. The van der Waals surface area contributed by atoms with Crippen molar-refractivity contribution in [3.05, 3.63) is 83.9 Å². The molecule has 116 valence electrons. The summed E-state index contributed by atoms with van der Waals surface area (Å²) in [6, 6.07) is 18.5. The van der Waals surface area contributed by atoms with Crippen LogP contribution in [-0.2, 0) is 4.79 Å². The third-order valence-electron chi connectivity index (χ3n) is 4.56. The molecule has 1 fully saturated rings. The van der Waals surface area contributed by atoms with Crippen LogP contribution in [0.2, 0.25) is 0 Å². The maximum absolute atomic E-state index is 12.9. The molecule has 0 radical (unpaired) electrons. The van der Waals surface area contributed by atoms with Gasteiger partial charge in [-0.25, -0.2) is 0 Å². The Balaban J connectivity index is 2.03.